The summed E-state index contributed by atoms with van der Waals surface area (Å²) >= 11 is 0. The maximum Gasteiger partial charge on any atom is 0.330 e. The average molecular weight is 226 g/mol. The van der Waals surface area contributed by atoms with Gasteiger partial charge in [0, 0.05) is 37.8 Å². The Kier molecular flexibility index (Phi) is 5.49. The van der Waals surface area contributed by atoms with Crippen LogP contribution in [0.25, 0.3) is 0 Å². The molecule has 0 aromatic rings. The molecule has 0 amide bonds. The summed E-state index contributed by atoms with van der Waals surface area (Å²) in [6.07, 6.45) is 3.40. The molecule has 0 aromatic carbocycles. The van der Waals surface area contributed by atoms with Gasteiger partial charge in [-0.1, -0.05) is 6.08 Å². The molecule has 0 radical (unpaired) electrons. The summed E-state index contributed by atoms with van der Waals surface area (Å²) in [5, 5.41) is 3.38. The van der Waals surface area contributed by atoms with Gasteiger partial charge in [0.05, 0.1) is 6.61 Å². The van der Waals surface area contributed by atoms with Gasteiger partial charge in [0.1, 0.15) is 0 Å². The molecule has 1 fully saturated rings. The highest BCUT2D eigenvalue weighted by molar-refractivity contribution is 5.81. The highest BCUT2D eigenvalue weighted by atomic mass is 16.5. The fraction of sp³-hybridized carbons (Fsp3) is 0.750. The summed E-state index contributed by atoms with van der Waals surface area (Å²) in [6.45, 7) is 9.47. The Bertz CT molecular complexity index is 243. The predicted molar refractivity (Wildman–Crippen MR) is 64.3 cm³/mol. The Labute approximate surface area is 97.6 Å². The van der Waals surface area contributed by atoms with Gasteiger partial charge in [-0.15, -0.1) is 0 Å². The van der Waals surface area contributed by atoms with Gasteiger partial charge in [-0.2, -0.15) is 0 Å². The maximum atomic E-state index is 11.1. The molecule has 1 rings (SSSR count). The maximum absolute atomic E-state index is 11.1. The highest BCUT2D eigenvalue weighted by Gasteiger charge is 2.22. The molecular weight excluding hydrogens is 204 g/mol. The molecule has 0 bridgehead atoms. The molecular formula is C12H22N2O2. The van der Waals surface area contributed by atoms with E-state index in [9.17, 15) is 4.79 Å². The van der Waals surface area contributed by atoms with Gasteiger partial charge in [-0.05, 0) is 20.8 Å². The normalized spacial score (nSPS) is 27.2. The zero-order valence-corrected chi connectivity index (χ0v) is 10.4. The molecule has 2 unspecified atom stereocenters. The number of nitrogens with one attached hydrogen (secondary N) is 1. The van der Waals surface area contributed by atoms with E-state index in [1.807, 2.05) is 13.0 Å². The van der Waals surface area contributed by atoms with E-state index in [1.54, 1.807) is 0 Å². The van der Waals surface area contributed by atoms with E-state index in [-0.39, 0.29) is 5.97 Å². The van der Waals surface area contributed by atoms with E-state index in [4.69, 9.17) is 4.74 Å². The molecule has 0 saturated carbocycles. The minimum Gasteiger partial charge on any atom is -0.463 e. The van der Waals surface area contributed by atoms with Crippen LogP contribution in [0.5, 0.6) is 0 Å². The van der Waals surface area contributed by atoms with Crippen LogP contribution in [-0.2, 0) is 9.53 Å². The minimum absolute atomic E-state index is 0.252. The Hall–Kier alpha value is -0.870. The van der Waals surface area contributed by atoms with Gasteiger partial charge < -0.3 is 10.1 Å². The third-order valence-corrected chi connectivity index (χ3v) is 2.87. The van der Waals surface area contributed by atoms with Crippen LogP contribution < -0.4 is 5.32 Å². The first kappa shape index (κ1) is 13.2. The summed E-state index contributed by atoms with van der Waals surface area (Å²) in [5.41, 5.74) is 0. The van der Waals surface area contributed by atoms with Crippen molar-refractivity contribution in [3.8, 4) is 0 Å². The molecule has 0 aromatic heterocycles. The highest BCUT2D eigenvalue weighted by Crippen LogP contribution is 2.08. The lowest BCUT2D eigenvalue weighted by Gasteiger charge is -2.38. The smallest absolute Gasteiger partial charge is 0.330 e. The molecule has 1 heterocycles. The number of esters is 1. The van der Waals surface area contributed by atoms with Crippen molar-refractivity contribution in [1.82, 2.24) is 10.2 Å². The molecule has 0 aliphatic carbocycles. The second-order valence-electron chi connectivity index (χ2n) is 4.21. The van der Waals surface area contributed by atoms with Crippen molar-refractivity contribution in [2.75, 3.05) is 26.2 Å². The Morgan fingerprint density at radius 2 is 2.06 bits per heavy atom. The summed E-state index contributed by atoms with van der Waals surface area (Å²) in [6, 6.07) is 1.02. The van der Waals surface area contributed by atoms with Gasteiger partial charge in [-0.25, -0.2) is 4.79 Å². The van der Waals surface area contributed by atoms with E-state index >= 15 is 0 Å². The second kappa shape index (κ2) is 6.66. The van der Waals surface area contributed by atoms with Crippen LogP contribution in [0.15, 0.2) is 12.2 Å². The number of carbonyl (C=O) groups excluding carboxylic acids is 1. The van der Waals surface area contributed by atoms with E-state index < -0.39 is 0 Å². The summed E-state index contributed by atoms with van der Waals surface area (Å²) in [5.74, 6) is -0.252. The molecule has 92 valence electrons. The van der Waals surface area contributed by atoms with Crippen LogP contribution in [-0.4, -0.2) is 49.2 Å². The van der Waals surface area contributed by atoms with E-state index in [2.05, 4.69) is 24.1 Å². The third-order valence-electron chi connectivity index (χ3n) is 2.87. The van der Waals surface area contributed by atoms with Crippen molar-refractivity contribution in [3.63, 3.8) is 0 Å². The average Bonchev–Trinajstić information content (AvgIpc) is 2.23. The van der Waals surface area contributed by atoms with Crippen LogP contribution >= 0.6 is 0 Å². The first-order chi connectivity index (χ1) is 7.65. The summed E-state index contributed by atoms with van der Waals surface area (Å²) < 4.78 is 4.83. The zero-order valence-electron chi connectivity index (χ0n) is 10.4. The molecule has 1 aliphatic heterocycles. The number of ether oxygens (including phenoxy) is 1. The number of hydrogen-bond acceptors (Lipinski definition) is 4. The second-order valence-corrected chi connectivity index (χ2v) is 4.21. The van der Waals surface area contributed by atoms with Crippen molar-refractivity contribution in [2.45, 2.75) is 32.9 Å². The number of carbonyl (C=O) groups is 1. The van der Waals surface area contributed by atoms with Crippen molar-refractivity contribution >= 4 is 5.97 Å². The monoisotopic (exact) mass is 226 g/mol. The predicted octanol–water partition coefficient (Wildman–Crippen LogP) is 0.788. The van der Waals surface area contributed by atoms with Crippen LogP contribution in [0.3, 0.4) is 0 Å². The number of rotatable bonds is 4. The molecule has 1 aliphatic rings. The first-order valence-corrected chi connectivity index (χ1v) is 5.95. The first-order valence-electron chi connectivity index (χ1n) is 5.95. The van der Waals surface area contributed by atoms with Gasteiger partial charge >= 0.3 is 5.97 Å². The van der Waals surface area contributed by atoms with E-state index in [1.165, 1.54) is 6.08 Å². The van der Waals surface area contributed by atoms with Gasteiger partial charge in [0.15, 0.2) is 0 Å². The SMILES string of the molecule is CCOC(=O)/C=C/CN1C(C)CNCC1C. The topological polar surface area (TPSA) is 41.6 Å². The van der Waals surface area contributed by atoms with E-state index in [0.29, 0.717) is 18.7 Å². The van der Waals surface area contributed by atoms with Crippen molar-refractivity contribution < 1.29 is 9.53 Å². The quantitative estimate of drug-likeness (QED) is 0.568. The fourth-order valence-corrected chi connectivity index (χ4v) is 1.99. The van der Waals surface area contributed by atoms with Gasteiger partial charge in [-0.3, -0.25) is 4.90 Å². The largest absolute Gasteiger partial charge is 0.463 e. The third kappa shape index (κ3) is 3.94. The van der Waals surface area contributed by atoms with Crippen LogP contribution in [0, 0.1) is 0 Å². The molecule has 16 heavy (non-hydrogen) atoms. The van der Waals surface area contributed by atoms with Crippen molar-refractivity contribution in [2.24, 2.45) is 0 Å². The van der Waals surface area contributed by atoms with Crippen molar-refractivity contribution in [1.29, 1.82) is 0 Å². The van der Waals surface area contributed by atoms with Crippen molar-refractivity contribution in [3.05, 3.63) is 12.2 Å². The summed E-state index contributed by atoms with van der Waals surface area (Å²) in [4.78, 5) is 13.5. The van der Waals surface area contributed by atoms with Crippen LogP contribution in [0.1, 0.15) is 20.8 Å². The summed E-state index contributed by atoms with van der Waals surface area (Å²) in [7, 11) is 0. The molecule has 4 nitrogen and oxygen atoms in total. The molecule has 4 heteroatoms. The van der Waals surface area contributed by atoms with E-state index in [0.717, 1.165) is 19.6 Å². The molecule has 1 N–H and O–H groups in total. The standard InChI is InChI=1S/C12H22N2O2/c1-4-16-12(15)6-5-7-14-10(2)8-13-9-11(14)3/h5-6,10-11,13H,4,7-9H2,1-3H3/b6-5+. The lowest BCUT2D eigenvalue weighted by molar-refractivity contribution is -0.137. The Morgan fingerprint density at radius 3 is 2.62 bits per heavy atom. The van der Waals surface area contributed by atoms with Crippen LogP contribution in [0.4, 0.5) is 0 Å². The lowest BCUT2D eigenvalue weighted by Crippen LogP contribution is -2.54. The fourth-order valence-electron chi connectivity index (χ4n) is 1.99. The Balaban J connectivity index is 2.37. The number of piperazine rings is 1. The van der Waals surface area contributed by atoms with Crippen LogP contribution in [0.2, 0.25) is 0 Å². The zero-order chi connectivity index (χ0) is 12.0. The minimum atomic E-state index is -0.252. The Morgan fingerprint density at radius 1 is 1.44 bits per heavy atom. The molecule has 0 spiro atoms. The number of hydrogen-bond donors (Lipinski definition) is 1. The molecule has 2 atom stereocenters. The lowest BCUT2D eigenvalue weighted by atomic mass is 10.1. The van der Waals surface area contributed by atoms with Gasteiger partial charge in [0.25, 0.3) is 0 Å². The number of nitrogens with zero attached hydrogens (tertiary/aromatic N) is 1. The van der Waals surface area contributed by atoms with Gasteiger partial charge in [0.2, 0.25) is 0 Å². The molecule has 1 saturated heterocycles.